The van der Waals surface area contributed by atoms with Gasteiger partial charge in [0.05, 0.1) is 12.2 Å². The lowest BCUT2D eigenvalue weighted by Crippen LogP contribution is -2.48. The maximum absolute atomic E-state index is 13.0. The number of aromatic nitrogens is 3. The van der Waals surface area contributed by atoms with Gasteiger partial charge in [0.1, 0.15) is 5.75 Å². The Morgan fingerprint density at radius 1 is 0.971 bits per heavy atom. The molecule has 35 heavy (non-hydrogen) atoms. The van der Waals surface area contributed by atoms with Gasteiger partial charge in [-0.15, -0.1) is 0 Å². The molecule has 0 N–H and O–H groups in total. The van der Waals surface area contributed by atoms with E-state index in [1.54, 1.807) is 12.4 Å². The first-order chi connectivity index (χ1) is 17.2. The highest BCUT2D eigenvalue weighted by Gasteiger charge is 2.24. The Kier molecular flexibility index (Phi) is 5.71. The summed E-state index contributed by atoms with van der Waals surface area (Å²) < 4.78 is 10.9. The van der Waals surface area contributed by atoms with Crippen LogP contribution in [0.2, 0.25) is 0 Å². The van der Waals surface area contributed by atoms with Crippen molar-refractivity contribution in [1.29, 1.82) is 0 Å². The first kappa shape index (κ1) is 21.5. The van der Waals surface area contributed by atoms with E-state index in [2.05, 4.69) is 32.2 Å². The van der Waals surface area contributed by atoms with E-state index < -0.39 is 0 Å². The Bertz CT molecular complexity index is 1330. The summed E-state index contributed by atoms with van der Waals surface area (Å²) in [7, 11) is 0. The zero-order valence-electron chi connectivity index (χ0n) is 19.3. The van der Waals surface area contributed by atoms with Crippen molar-refractivity contribution in [1.82, 2.24) is 24.9 Å². The number of ether oxygens (including phenoxy) is 1. The number of hydrogen-bond acceptors (Lipinski definition) is 7. The Hall–Kier alpha value is -4.04. The number of fused-ring (bicyclic) bond motifs is 1. The number of nitrogens with zero attached hydrogens (tertiary/aromatic N) is 5. The molecular weight excluding hydrogens is 442 g/mol. The zero-order chi connectivity index (χ0) is 23.6. The van der Waals surface area contributed by atoms with Gasteiger partial charge in [0.2, 0.25) is 5.82 Å². The first-order valence-electron chi connectivity index (χ1n) is 11.8. The molecule has 0 aliphatic carbocycles. The van der Waals surface area contributed by atoms with E-state index in [1.807, 2.05) is 47.4 Å². The highest BCUT2D eigenvalue weighted by atomic mass is 16.5. The Morgan fingerprint density at radius 2 is 1.83 bits per heavy atom. The first-order valence-corrected chi connectivity index (χ1v) is 11.8. The number of rotatable bonds is 5. The summed E-state index contributed by atoms with van der Waals surface area (Å²) >= 11 is 0. The van der Waals surface area contributed by atoms with Crippen molar-refractivity contribution in [2.45, 2.75) is 13.0 Å². The molecule has 1 saturated heterocycles. The summed E-state index contributed by atoms with van der Waals surface area (Å²) in [4.78, 5) is 25.9. The third-order valence-electron chi connectivity index (χ3n) is 6.55. The van der Waals surface area contributed by atoms with Crippen molar-refractivity contribution >= 4 is 5.91 Å². The lowest BCUT2D eigenvalue weighted by Gasteiger charge is -2.34. The van der Waals surface area contributed by atoms with Crippen LogP contribution in [0.15, 0.2) is 71.5 Å². The van der Waals surface area contributed by atoms with Gasteiger partial charge in [0.15, 0.2) is 0 Å². The molecule has 1 fully saturated rings. The van der Waals surface area contributed by atoms with E-state index >= 15 is 0 Å². The predicted molar refractivity (Wildman–Crippen MR) is 130 cm³/mol. The maximum atomic E-state index is 13.0. The number of pyridine rings is 1. The molecule has 2 aromatic carbocycles. The molecule has 2 aliphatic heterocycles. The van der Waals surface area contributed by atoms with Gasteiger partial charge in [-0.05, 0) is 41.5 Å². The fourth-order valence-corrected chi connectivity index (χ4v) is 4.58. The van der Waals surface area contributed by atoms with Crippen LogP contribution in [0.3, 0.4) is 0 Å². The van der Waals surface area contributed by atoms with E-state index in [0.29, 0.717) is 18.3 Å². The number of carbonyl (C=O) groups is 1. The van der Waals surface area contributed by atoms with E-state index in [1.165, 1.54) is 5.56 Å². The molecule has 6 rings (SSSR count). The fourth-order valence-electron chi connectivity index (χ4n) is 4.58. The Labute approximate surface area is 203 Å². The highest BCUT2D eigenvalue weighted by Crippen LogP contribution is 2.27. The van der Waals surface area contributed by atoms with Gasteiger partial charge in [-0.1, -0.05) is 29.4 Å². The average molecular weight is 468 g/mol. The molecule has 4 heterocycles. The minimum Gasteiger partial charge on any atom is -0.493 e. The minimum atomic E-state index is 0.106. The molecular formula is C27H25N5O3. The second-order valence-corrected chi connectivity index (χ2v) is 8.85. The van der Waals surface area contributed by atoms with Crippen LogP contribution >= 0.6 is 0 Å². The van der Waals surface area contributed by atoms with Gasteiger partial charge >= 0.3 is 0 Å². The van der Waals surface area contributed by atoms with E-state index in [0.717, 1.165) is 67.1 Å². The largest absolute Gasteiger partial charge is 0.493 e. The van der Waals surface area contributed by atoms with Gasteiger partial charge < -0.3 is 14.2 Å². The molecule has 0 bridgehead atoms. The normalized spacial score (nSPS) is 15.6. The SMILES string of the molecule is O=C(c1ccc2c(c1)CCO2)N1CCN(Cc2ccc(-c3noc(-c4cccnc4)n3)cc2)CC1. The second kappa shape index (κ2) is 9.31. The summed E-state index contributed by atoms with van der Waals surface area (Å²) in [6.45, 7) is 4.69. The topological polar surface area (TPSA) is 84.6 Å². The zero-order valence-corrected chi connectivity index (χ0v) is 19.3. The summed E-state index contributed by atoms with van der Waals surface area (Å²) in [5.74, 6) is 2.03. The van der Waals surface area contributed by atoms with Gasteiger partial charge in [0, 0.05) is 62.7 Å². The minimum absolute atomic E-state index is 0.106. The summed E-state index contributed by atoms with van der Waals surface area (Å²) in [5, 5.41) is 4.11. The smallest absolute Gasteiger partial charge is 0.259 e. The van der Waals surface area contributed by atoms with E-state index in [-0.39, 0.29) is 5.91 Å². The number of amides is 1. The lowest BCUT2D eigenvalue weighted by molar-refractivity contribution is 0.0628. The monoisotopic (exact) mass is 467 g/mol. The van der Waals surface area contributed by atoms with E-state index in [9.17, 15) is 4.79 Å². The van der Waals surface area contributed by atoms with Crippen molar-refractivity contribution in [3.8, 4) is 28.6 Å². The summed E-state index contributed by atoms with van der Waals surface area (Å²) in [6.07, 6.45) is 4.29. The molecule has 0 radical (unpaired) electrons. The standard InChI is InChI=1S/C27H25N5O3/c33-27(22-7-8-24-21(16-22)9-15-34-24)32-13-11-31(12-14-32)18-19-3-5-20(6-4-19)25-29-26(35-30-25)23-2-1-10-28-17-23/h1-8,10,16-17H,9,11-15,18H2. The van der Waals surface area contributed by atoms with Crippen LogP contribution in [0.1, 0.15) is 21.5 Å². The second-order valence-electron chi connectivity index (χ2n) is 8.85. The molecule has 8 nitrogen and oxygen atoms in total. The maximum Gasteiger partial charge on any atom is 0.259 e. The number of benzene rings is 2. The van der Waals surface area contributed by atoms with Crippen molar-refractivity contribution in [2.24, 2.45) is 0 Å². The molecule has 2 aliphatic rings. The molecule has 1 amide bonds. The predicted octanol–water partition coefficient (Wildman–Crippen LogP) is 3.69. The Balaban J connectivity index is 1.04. The van der Waals surface area contributed by atoms with E-state index in [4.69, 9.17) is 9.26 Å². The summed E-state index contributed by atoms with van der Waals surface area (Å²) in [5.41, 5.74) is 4.80. The van der Waals surface area contributed by atoms with Crippen LogP contribution in [-0.4, -0.2) is 63.6 Å². The van der Waals surface area contributed by atoms with Crippen molar-refractivity contribution in [3.63, 3.8) is 0 Å². The number of hydrogen-bond donors (Lipinski definition) is 0. The van der Waals surface area contributed by atoms with Crippen LogP contribution in [-0.2, 0) is 13.0 Å². The fraction of sp³-hybridized carbons (Fsp3) is 0.259. The Morgan fingerprint density at radius 3 is 2.63 bits per heavy atom. The molecule has 0 saturated carbocycles. The van der Waals surface area contributed by atoms with Gasteiger partial charge in [-0.25, -0.2) is 0 Å². The third kappa shape index (κ3) is 4.52. The molecule has 2 aromatic heterocycles. The number of carbonyl (C=O) groups excluding carboxylic acids is 1. The van der Waals surface area contributed by atoms with Crippen LogP contribution < -0.4 is 4.74 Å². The third-order valence-corrected chi connectivity index (χ3v) is 6.55. The van der Waals surface area contributed by atoms with Gasteiger partial charge in [-0.2, -0.15) is 4.98 Å². The molecule has 4 aromatic rings. The van der Waals surface area contributed by atoms with Gasteiger partial charge in [-0.3, -0.25) is 14.7 Å². The highest BCUT2D eigenvalue weighted by molar-refractivity contribution is 5.94. The summed E-state index contributed by atoms with van der Waals surface area (Å²) in [6, 6.07) is 17.7. The van der Waals surface area contributed by atoms with Crippen LogP contribution in [0.25, 0.3) is 22.8 Å². The van der Waals surface area contributed by atoms with Crippen LogP contribution in [0, 0.1) is 0 Å². The molecule has 0 unspecified atom stereocenters. The van der Waals surface area contributed by atoms with Crippen LogP contribution in [0.4, 0.5) is 0 Å². The van der Waals surface area contributed by atoms with Gasteiger partial charge in [0.25, 0.3) is 11.8 Å². The molecule has 176 valence electrons. The quantitative estimate of drug-likeness (QED) is 0.443. The molecule has 0 spiro atoms. The lowest BCUT2D eigenvalue weighted by atomic mass is 10.1. The number of piperazine rings is 1. The molecule has 8 heteroatoms. The van der Waals surface area contributed by atoms with Crippen molar-refractivity contribution in [2.75, 3.05) is 32.8 Å². The van der Waals surface area contributed by atoms with Crippen LogP contribution in [0.5, 0.6) is 5.75 Å². The van der Waals surface area contributed by atoms with Crippen molar-refractivity contribution in [3.05, 3.63) is 83.7 Å². The molecule has 0 atom stereocenters. The van der Waals surface area contributed by atoms with Crippen molar-refractivity contribution < 1.29 is 14.1 Å². The average Bonchev–Trinajstić information content (AvgIpc) is 3.59.